The zero-order chi connectivity index (χ0) is 24.0. The van der Waals surface area contributed by atoms with Crippen molar-refractivity contribution in [2.24, 2.45) is 0 Å². The van der Waals surface area contributed by atoms with Gasteiger partial charge in [-0.2, -0.15) is 0 Å². The molecule has 2 aromatic heterocycles. The number of nitrogens with zero attached hydrogens (tertiary/aromatic N) is 1. The predicted octanol–water partition coefficient (Wildman–Crippen LogP) is 6.67. The Bertz CT molecular complexity index is 1640. The molecule has 172 valence electrons. The molecule has 0 aliphatic rings. The fraction of sp³-hybridized carbons (Fsp3) is 0.148. The number of benzene rings is 3. The smallest absolute Gasteiger partial charge is 0.177 e. The molecule has 5 aromatic rings. The molecule has 5 nitrogen and oxygen atoms in total. The maximum absolute atomic E-state index is 13.8. The van der Waals surface area contributed by atoms with Crippen LogP contribution in [-0.4, -0.2) is 19.7 Å². The van der Waals surface area contributed by atoms with Crippen molar-refractivity contribution in [1.29, 1.82) is 0 Å². The maximum Gasteiger partial charge on any atom is 0.177 e. The highest BCUT2D eigenvalue weighted by atomic mass is 32.2. The second-order valence-electron chi connectivity index (χ2n) is 8.51. The SMILES string of the molecule is Cc1cc([C@@H](C)Nc2ccc(F)cc2S(C)(=O)=O)c2oc3c(-c4ccccc4)ccnc3c2c1. The summed E-state index contributed by atoms with van der Waals surface area (Å²) in [5, 5.41) is 4.13. The molecule has 0 saturated carbocycles. The van der Waals surface area contributed by atoms with Gasteiger partial charge in [0.25, 0.3) is 0 Å². The van der Waals surface area contributed by atoms with E-state index in [1.165, 1.54) is 12.1 Å². The first-order valence-electron chi connectivity index (χ1n) is 10.9. The summed E-state index contributed by atoms with van der Waals surface area (Å²) < 4.78 is 44.7. The monoisotopic (exact) mass is 474 g/mol. The third-order valence-corrected chi connectivity index (χ3v) is 7.03. The number of hydrogen-bond donors (Lipinski definition) is 1. The molecular formula is C27H23FN2O3S. The Morgan fingerprint density at radius 2 is 1.76 bits per heavy atom. The highest BCUT2D eigenvalue weighted by molar-refractivity contribution is 7.90. The minimum Gasteiger partial charge on any atom is -0.453 e. The van der Waals surface area contributed by atoms with Crippen LogP contribution in [0.2, 0.25) is 0 Å². The molecule has 0 saturated heterocycles. The molecular weight excluding hydrogens is 451 g/mol. The van der Waals surface area contributed by atoms with E-state index in [9.17, 15) is 12.8 Å². The molecule has 2 heterocycles. The summed E-state index contributed by atoms with van der Waals surface area (Å²) in [7, 11) is -3.63. The van der Waals surface area contributed by atoms with E-state index in [-0.39, 0.29) is 10.9 Å². The molecule has 0 radical (unpaired) electrons. The van der Waals surface area contributed by atoms with Crippen LogP contribution in [-0.2, 0) is 9.84 Å². The summed E-state index contributed by atoms with van der Waals surface area (Å²) in [5.41, 5.74) is 6.34. The first-order chi connectivity index (χ1) is 16.2. The first kappa shape index (κ1) is 22.1. The van der Waals surface area contributed by atoms with Gasteiger partial charge in [0.05, 0.1) is 16.6 Å². The molecule has 0 aliphatic heterocycles. The van der Waals surface area contributed by atoms with Gasteiger partial charge in [0, 0.05) is 29.0 Å². The number of nitrogens with one attached hydrogen (secondary N) is 1. The average molecular weight is 475 g/mol. The van der Waals surface area contributed by atoms with Crippen LogP contribution in [0.1, 0.15) is 24.1 Å². The van der Waals surface area contributed by atoms with E-state index in [1.54, 1.807) is 6.20 Å². The van der Waals surface area contributed by atoms with Crippen molar-refractivity contribution in [3.8, 4) is 11.1 Å². The number of aromatic nitrogens is 1. The summed E-state index contributed by atoms with van der Waals surface area (Å²) in [6, 6.07) is 19.4. The van der Waals surface area contributed by atoms with Crippen molar-refractivity contribution in [1.82, 2.24) is 4.98 Å². The Kier molecular flexibility index (Phi) is 5.37. The molecule has 3 aromatic carbocycles. The molecule has 5 rings (SSSR count). The van der Waals surface area contributed by atoms with E-state index in [0.29, 0.717) is 16.9 Å². The van der Waals surface area contributed by atoms with Crippen LogP contribution in [0.4, 0.5) is 10.1 Å². The molecule has 0 bridgehead atoms. The van der Waals surface area contributed by atoms with E-state index < -0.39 is 15.7 Å². The van der Waals surface area contributed by atoms with Crippen LogP contribution in [0.3, 0.4) is 0 Å². The molecule has 0 spiro atoms. The zero-order valence-corrected chi connectivity index (χ0v) is 19.8. The van der Waals surface area contributed by atoms with Gasteiger partial charge >= 0.3 is 0 Å². The predicted molar refractivity (Wildman–Crippen MR) is 133 cm³/mol. The van der Waals surface area contributed by atoms with E-state index in [2.05, 4.69) is 10.3 Å². The fourth-order valence-electron chi connectivity index (χ4n) is 4.34. The molecule has 7 heteroatoms. The number of anilines is 1. The number of hydrogen-bond acceptors (Lipinski definition) is 5. The fourth-order valence-corrected chi connectivity index (χ4v) is 5.19. The van der Waals surface area contributed by atoms with Gasteiger partial charge in [-0.05, 0) is 55.3 Å². The number of halogens is 1. The Balaban J connectivity index is 1.67. The van der Waals surface area contributed by atoms with Gasteiger partial charge in [-0.25, -0.2) is 12.8 Å². The Labute approximate surface area is 197 Å². The summed E-state index contributed by atoms with van der Waals surface area (Å²) in [4.78, 5) is 4.52. The lowest BCUT2D eigenvalue weighted by Crippen LogP contribution is -2.11. The molecule has 0 amide bonds. The van der Waals surface area contributed by atoms with Gasteiger partial charge in [0.1, 0.15) is 16.9 Å². The third kappa shape index (κ3) is 3.92. The van der Waals surface area contributed by atoms with Gasteiger partial charge < -0.3 is 9.73 Å². The van der Waals surface area contributed by atoms with Gasteiger partial charge in [0.15, 0.2) is 15.4 Å². The van der Waals surface area contributed by atoms with Gasteiger partial charge in [0.2, 0.25) is 0 Å². The molecule has 1 atom stereocenters. The molecule has 1 N–H and O–H groups in total. The Morgan fingerprint density at radius 1 is 1.00 bits per heavy atom. The van der Waals surface area contributed by atoms with Crippen LogP contribution < -0.4 is 5.32 Å². The molecule has 0 aliphatic carbocycles. The largest absolute Gasteiger partial charge is 0.453 e. The van der Waals surface area contributed by atoms with Crippen LogP contribution in [0.25, 0.3) is 33.2 Å². The standard InChI is InChI=1S/C27H23FN2O3S/c1-16-13-21(17(2)30-23-10-9-19(28)15-24(23)34(3,31)32)26-22(14-16)25-27(33-26)20(11-12-29-25)18-7-5-4-6-8-18/h4-15,17,30H,1-3H3/t17-/m1/s1. The quantitative estimate of drug-likeness (QED) is 0.308. The van der Waals surface area contributed by atoms with Crippen molar-refractivity contribution in [2.45, 2.75) is 24.8 Å². The van der Waals surface area contributed by atoms with Crippen molar-refractivity contribution in [3.63, 3.8) is 0 Å². The minimum atomic E-state index is -3.63. The molecule has 0 unspecified atom stereocenters. The van der Waals surface area contributed by atoms with E-state index in [0.717, 1.165) is 45.5 Å². The topological polar surface area (TPSA) is 72.2 Å². The number of aryl methyl sites for hydroxylation is 1. The van der Waals surface area contributed by atoms with Crippen molar-refractivity contribution in [3.05, 3.63) is 89.9 Å². The number of rotatable bonds is 5. The van der Waals surface area contributed by atoms with Gasteiger partial charge in [-0.1, -0.05) is 36.4 Å². The number of furan rings is 1. The lowest BCUT2D eigenvalue weighted by molar-refractivity contribution is 0.596. The van der Waals surface area contributed by atoms with E-state index >= 15 is 0 Å². The van der Waals surface area contributed by atoms with Crippen LogP contribution >= 0.6 is 0 Å². The lowest BCUT2D eigenvalue weighted by atomic mass is 10.0. The van der Waals surface area contributed by atoms with Gasteiger partial charge in [-0.3, -0.25) is 4.98 Å². The van der Waals surface area contributed by atoms with Crippen molar-refractivity contribution >= 4 is 37.6 Å². The van der Waals surface area contributed by atoms with Crippen LogP contribution in [0.5, 0.6) is 0 Å². The lowest BCUT2D eigenvalue weighted by Gasteiger charge is -2.19. The minimum absolute atomic E-state index is 0.0825. The number of pyridine rings is 1. The second kappa shape index (κ2) is 8.25. The van der Waals surface area contributed by atoms with Gasteiger partial charge in [-0.15, -0.1) is 0 Å². The van der Waals surface area contributed by atoms with E-state index in [1.807, 2.05) is 62.4 Å². The summed E-state index contributed by atoms with van der Waals surface area (Å²) in [6.07, 6.45) is 2.85. The molecule has 0 fully saturated rings. The number of sulfone groups is 1. The Morgan fingerprint density at radius 3 is 2.50 bits per heavy atom. The second-order valence-corrected chi connectivity index (χ2v) is 10.5. The normalized spacial score (nSPS) is 12.8. The van der Waals surface area contributed by atoms with E-state index in [4.69, 9.17) is 4.42 Å². The maximum atomic E-state index is 13.8. The average Bonchev–Trinajstić information content (AvgIpc) is 3.18. The summed E-state index contributed by atoms with van der Waals surface area (Å²) >= 11 is 0. The summed E-state index contributed by atoms with van der Waals surface area (Å²) in [5.74, 6) is -0.603. The van der Waals surface area contributed by atoms with Crippen LogP contribution in [0, 0.1) is 12.7 Å². The first-order valence-corrected chi connectivity index (χ1v) is 12.7. The highest BCUT2D eigenvalue weighted by Crippen LogP contribution is 2.39. The third-order valence-electron chi connectivity index (χ3n) is 5.89. The van der Waals surface area contributed by atoms with Crippen LogP contribution in [0.15, 0.2) is 82.2 Å². The zero-order valence-electron chi connectivity index (χ0n) is 19.0. The summed E-state index contributed by atoms with van der Waals surface area (Å²) in [6.45, 7) is 3.91. The van der Waals surface area contributed by atoms with Crippen molar-refractivity contribution < 1.29 is 17.2 Å². The van der Waals surface area contributed by atoms with Crippen molar-refractivity contribution in [2.75, 3.05) is 11.6 Å². The highest BCUT2D eigenvalue weighted by Gasteiger charge is 2.21. The molecule has 34 heavy (non-hydrogen) atoms. The number of fused-ring (bicyclic) bond motifs is 3. The Hall–Kier alpha value is -3.71.